The molecule has 0 aliphatic carbocycles. The Morgan fingerprint density at radius 1 is 1.89 bits per heavy atom. The third kappa shape index (κ3) is 3.44. The van der Waals surface area contributed by atoms with Crippen molar-refractivity contribution < 1.29 is 22.1 Å². The summed E-state index contributed by atoms with van der Waals surface area (Å²) in [7, 11) is 2.42. The summed E-state index contributed by atoms with van der Waals surface area (Å²) in [6, 6.07) is 0. The van der Waals surface area contributed by atoms with Crippen molar-refractivity contribution in [1.29, 1.82) is 0 Å². The number of rotatable bonds is 2. The number of likely N-dealkylation sites (N-methyl/N-ethyl adjacent to an activating group) is 1. The molecule has 0 heterocycles. The van der Waals surface area contributed by atoms with Gasteiger partial charge in [0.2, 0.25) is 0 Å². The number of hydrogen-bond donors (Lipinski definition) is 1. The summed E-state index contributed by atoms with van der Waals surface area (Å²) >= 11 is 6.81. The van der Waals surface area contributed by atoms with Crippen LogP contribution in [-0.4, -0.2) is 25.7 Å². The van der Waals surface area contributed by atoms with Crippen LogP contribution in [0.5, 0.6) is 0 Å². The Morgan fingerprint density at radius 2 is 2.33 bits per heavy atom. The van der Waals surface area contributed by atoms with Gasteiger partial charge < -0.3 is 0 Å². The van der Waals surface area contributed by atoms with E-state index in [1.54, 1.807) is 4.67 Å². The van der Waals surface area contributed by atoms with Crippen molar-refractivity contribution in [3.05, 3.63) is 0 Å². The van der Waals surface area contributed by atoms with Crippen LogP contribution < -0.4 is 0 Å². The molecule has 0 aromatic carbocycles. The molecule has 51 valence electrons. The van der Waals surface area contributed by atoms with Gasteiger partial charge in [-0.15, -0.1) is 0 Å². The van der Waals surface area contributed by atoms with E-state index >= 15 is 0 Å². The molecular weight excluding hydrogens is 192 g/mol. The Bertz CT molecular complexity index is 141. The number of aliphatic hydroxyl groups is 1. The zero-order valence-electron chi connectivity index (χ0n) is 5.03. The summed E-state index contributed by atoms with van der Waals surface area (Å²) in [5.41, 5.74) is 0. The van der Waals surface area contributed by atoms with Gasteiger partial charge in [-0.3, -0.25) is 0 Å². The van der Waals surface area contributed by atoms with Gasteiger partial charge in [-0.1, -0.05) is 0 Å². The molecule has 0 aromatic rings. The molecule has 1 atom stereocenters. The number of aliphatic hydroxyl groups excluding tert-OH is 1. The van der Waals surface area contributed by atoms with Gasteiger partial charge in [-0.25, -0.2) is 0 Å². The molecule has 0 saturated heterocycles. The van der Waals surface area contributed by atoms with Gasteiger partial charge in [-0.05, 0) is 0 Å². The first kappa shape index (κ1) is 9.73. The molecule has 1 unspecified atom stereocenters. The minimum atomic E-state index is 0.134. The van der Waals surface area contributed by atoms with Crippen molar-refractivity contribution in [2.75, 3.05) is 6.54 Å². The van der Waals surface area contributed by atoms with E-state index in [0.29, 0.717) is 4.99 Å². The Morgan fingerprint density at radius 3 is 2.44 bits per heavy atom. The standard InChI is InChI=1S/C4H8NOPS.V/c1-2-5(7)4(8)3-6;/h6H,2,7H2,1H3;. The zero-order chi connectivity index (χ0) is 7.44. The van der Waals surface area contributed by atoms with Crippen molar-refractivity contribution in [2.45, 2.75) is 6.92 Å². The Balaban J connectivity index is 3.88. The first-order valence-electron chi connectivity index (χ1n) is 2.41. The predicted octanol–water partition coefficient (Wildman–Crippen LogP) is 0.475. The molecule has 0 radical (unpaired) electrons. The van der Waals surface area contributed by atoms with Gasteiger partial charge >= 0.3 is 71.2 Å². The van der Waals surface area contributed by atoms with Crippen LogP contribution in [0.25, 0.3) is 0 Å². The fourth-order valence-corrected chi connectivity index (χ4v) is 0.898. The molecule has 0 spiro atoms. The summed E-state index contributed by atoms with van der Waals surface area (Å²) in [5.74, 6) is 0. The van der Waals surface area contributed by atoms with Crippen LogP contribution >= 0.6 is 21.6 Å². The van der Waals surface area contributed by atoms with Gasteiger partial charge in [0, 0.05) is 0 Å². The molecular formula is C4H8NOPSV. The molecule has 0 amide bonds. The van der Waals surface area contributed by atoms with Gasteiger partial charge in [0.15, 0.2) is 0 Å². The van der Waals surface area contributed by atoms with E-state index in [-0.39, 0.29) is 4.41 Å². The number of nitrogens with zero attached hydrogens (tertiary/aromatic N) is 1. The molecule has 2 nitrogen and oxygen atoms in total. The monoisotopic (exact) mass is 200 g/mol. The SMILES string of the molecule is CCN(P)C(=S)[C](O)=[V]. The van der Waals surface area contributed by atoms with Crippen LogP contribution in [0.4, 0.5) is 0 Å². The Hall–Kier alpha value is 0.734. The Labute approximate surface area is 71.4 Å². The van der Waals surface area contributed by atoms with Crippen LogP contribution in [0.3, 0.4) is 0 Å². The molecule has 9 heavy (non-hydrogen) atoms. The third-order valence-corrected chi connectivity index (χ3v) is 2.60. The molecule has 1 N–H and O–H groups in total. The van der Waals surface area contributed by atoms with Gasteiger partial charge in [-0.2, -0.15) is 0 Å². The van der Waals surface area contributed by atoms with Crippen LogP contribution in [0.1, 0.15) is 6.92 Å². The fourth-order valence-electron chi connectivity index (χ4n) is 0.272. The fraction of sp³-hybridized carbons (Fsp3) is 0.500. The van der Waals surface area contributed by atoms with E-state index in [1.165, 1.54) is 0 Å². The van der Waals surface area contributed by atoms with Crippen molar-refractivity contribution in [3.8, 4) is 0 Å². The van der Waals surface area contributed by atoms with Crippen LogP contribution in [0.15, 0.2) is 0 Å². The molecule has 0 aromatic heterocycles. The maximum absolute atomic E-state index is 8.82. The van der Waals surface area contributed by atoms with Crippen molar-refractivity contribution in [2.24, 2.45) is 0 Å². The minimum absolute atomic E-state index is 0.134. The topological polar surface area (TPSA) is 23.5 Å². The summed E-state index contributed by atoms with van der Waals surface area (Å²) in [5, 5.41) is 8.82. The van der Waals surface area contributed by atoms with Crippen LogP contribution in [0.2, 0.25) is 0 Å². The second kappa shape index (κ2) is 4.53. The van der Waals surface area contributed by atoms with E-state index in [4.69, 9.17) is 17.3 Å². The normalized spacial score (nSPS) is 8.67. The van der Waals surface area contributed by atoms with E-state index in [2.05, 4.69) is 9.39 Å². The quantitative estimate of drug-likeness (QED) is 0.518. The summed E-state index contributed by atoms with van der Waals surface area (Å²) in [6.45, 7) is 2.74. The predicted molar refractivity (Wildman–Crippen MR) is 41.6 cm³/mol. The van der Waals surface area contributed by atoms with Gasteiger partial charge in [0.1, 0.15) is 0 Å². The average Bonchev–Trinajstić information content (AvgIpc) is 1.84. The second-order valence-corrected chi connectivity index (χ2v) is 3.09. The Kier molecular flexibility index (Phi) is 4.90. The molecule has 0 aliphatic rings. The van der Waals surface area contributed by atoms with Crippen molar-refractivity contribution >= 4 is 31.0 Å². The average molecular weight is 200 g/mol. The van der Waals surface area contributed by atoms with Crippen LogP contribution in [-0.2, 0) is 17.0 Å². The zero-order valence-corrected chi connectivity index (χ0v) is 8.40. The first-order valence-corrected chi connectivity index (χ1v) is 4.03. The number of thiocarbonyl (C=S) groups is 1. The maximum atomic E-state index is 8.82. The molecule has 0 rings (SSSR count). The van der Waals surface area contributed by atoms with Crippen LogP contribution in [0, 0.1) is 0 Å². The molecule has 0 aliphatic heterocycles. The molecule has 0 saturated carbocycles. The van der Waals surface area contributed by atoms with E-state index in [0.717, 1.165) is 6.54 Å². The van der Waals surface area contributed by atoms with Crippen molar-refractivity contribution in [1.82, 2.24) is 4.67 Å². The summed E-state index contributed by atoms with van der Waals surface area (Å²) in [6.07, 6.45) is 0. The summed E-state index contributed by atoms with van der Waals surface area (Å²) < 4.78 is 1.84. The van der Waals surface area contributed by atoms with E-state index in [1.807, 2.05) is 23.9 Å². The van der Waals surface area contributed by atoms with E-state index < -0.39 is 0 Å². The first-order chi connectivity index (χ1) is 4.09. The second-order valence-electron chi connectivity index (χ2n) is 1.41. The number of hydrogen-bond acceptors (Lipinski definition) is 2. The molecule has 5 heteroatoms. The van der Waals surface area contributed by atoms with Gasteiger partial charge in [0.25, 0.3) is 0 Å². The molecule has 0 fully saturated rings. The van der Waals surface area contributed by atoms with Gasteiger partial charge in [0.05, 0.1) is 0 Å². The van der Waals surface area contributed by atoms with Crippen molar-refractivity contribution in [3.63, 3.8) is 0 Å². The summed E-state index contributed by atoms with van der Waals surface area (Å²) in [4.78, 5) is 0.461. The van der Waals surface area contributed by atoms with E-state index in [9.17, 15) is 0 Å². The third-order valence-electron chi connectivity index (χ3n) is 0.793. The molecule has 0 bridgehead atoms.